The van der Waals surface area contributed by atoms with Crippen molar-refractivity contribution >= 4 is 11.6 Å². The summed E-state index contributed by atoms with van der Waals surface area (Å²) in [4.78, 5) is 14.1. The molecular weight excluding hydrogens is 250 g/mol. The Balaban J connectivity index is 1.75. The zero-order valence-corrected chi connectivity index (χ0v) is 12.3. The van der Waals surface area contributed by atoms with E-state index in [9.17, 15) is 4.79 Å². The van der Waals surface area contributed by atoms with Gasteiger partial charge in [-0.1, -0.05) is 25.0 Å². The van der Waals surface area contributed by atoms with Gasteiger partial charge < -0.3 is 11.1 Å². The van der Waals surface area contributed by atoms with E-state index in [0.29, 0.717) is 13.1 Å². The van der Waals surface area contributed by atoms with Gasteiger partial charge in [0.2, 0.25) is 5.91 Å². The van der Waals surface area contributed by atoms with Gasteiger partial charge in [-0.2, -0.15) is 0 Å². The Morgan fingerprint density at radius 2 is 1.95 bits per heavy atom. The van der Waals surface area contributed by atoms with Crippen molar-refractivity contribution in [3.63, 3.8) is 0 Å². The molecule has 0 aromatic heterocycles. The summed E-state index contributed by atoms with van der Waals surface area (Å²) in [6.07, 6.45) is 5.31. The van der Waals surface area contributed by atoms with E-state index in [1.165, 1.54) is 25.7 Å². The third kappa shape index (κ3) is 4.62. The van der Waals surface area contributed by atoms with E-state index in [1.54, 1.807) is 0 Å². The average molecular weight is 275 g/mol. The van der Waals surface area contributed by atoms with Crippen LogP contribution in [-0.2, 0) is 11.3 Å². The number of nitrogens with one attached hydrogen (secondary N) is 1. The number of nitrogens with zero attached hydrogens (tertiary/aromatic N) is 1. The first-order valence-electron chi connectivity index (χ1n) is 7.45. The third-order valence-corrected chi connectivity index (χ3v) is 3.93. The van der Waals surface area contributed by atoms with E-state index in [1.807, 2.05) is 31.3 Å². The molecule has 0 heterocycles. The lowest BCUT2D eigenvalue weighted by molar-refractivity contribution is -0.117. The van der Waals surface area contributed by atoms with Crippen molar-refractivity contribution in [1.82, 2.24) is 4.90 Å². The third-order valence-electron chi connectivity index (χ3n) is 3.93. The van der Waals surface area contributed by atoms with E-state index in [0.717, 1.165) is 23.7 Å². The summed E-state index contributed by atoms with van der Waals surface area (Å²) in [6, 6.07) is 7.68. The second kappa shape index (κ2) is 7.41. The molecule has 1 saturated carbocycles. The van der Waals surface area contributed by atoms with E-state index in [4.69, 9.17) is 5.73 Å². The van der Waals surface area contributed by atoms with E-state index >= 15 is 0 Å². The summed E-state index contributed by atoms with van der Waals surface area (Å²) < 4.78 is 0. The number of carbonyl (C=O) groups excluding carboxylic acids is 1. The predicted molar refractivity (Wildman–Crippen MR) is 82.4 cm³/mol. The largest absolute Gasteiger partial charge is 0.326 e. The average Bonchev–Trinajstić information content (AvgIpc) is 2.92. The van der Waals surface area contributed by atoms with Gasteiger partial charge in [-0.15, -0.1) is 0 Å². The molecule has 20 heavy (non-hydrogen) atoms. The van der Waals surface area contributed by atoms with Crippen LogP contribution in [0.25, 0.3) is 0 Å². The molecule has 110 valence electrons. The minimum Gasteiger partial charge on any atom is -0.326 e. The molecular formula is C16H25N3O. The molecule has 1 aromatic rings. The van der Waals surface area contributed by atoms with Gasteiger partial charge in [0.1, 0.15) is 0 Å². The van der Waals surface area contributed by atoms with Crippen molar-refractivity contribution < 1.29 is 4.79 Å². The van der Waals surface area contributed by atoms with E-state index in [-0.39, 0.29) is 5.91 Å². The van der Waals surface area contributed by atoms with Gasteiger partial charge in [0.15, 0.2) is 0 Å². The highest BCUT2D eigenvalue weighted by Gasteiger charge is 2.17. The van der Waals surface area contributed by atoms with Crippen molar-refractivity contribution in [3.8, 4) is 0 Å². The second-order valence-electron chi connectivity index (χ2n) is 5.80. The van der Waals surface area contributed by atoms with Crippen molar-refractivity contribution in [2.75, 3.05) is 25.5 Å². The molecule has 0 radical (unpaired) electrons. The van der Waals surface area contributed by atoms with Crippen molar-refractivity contribution in [1.29, 1.82) is 0 Å². The lowest BCUT2D eigenvalue weighted by Crippen LogP contribution is -2.33. The number of benzene rings is 1. The number of nitrogens with two attached hydrogens (primary N) is 1. The quantitative estimate of drug-likeness (QED) is 0.837. The van der Waals surface area contributed by atoms with Crippen molar-refractivity contribution in [3.05, 3.63) is 29.8 Å². The summed E-state index contributed by atoms with van der Waals surface area (Å²) in [7, 11) is 2.02. The maximum atomic E-state index is 12.0. The zero-order valence-electron chi connectivity index (χ0n) is 12.3. The van der Waals surface area contributed by atoms with Gasteiger partial charge >= 0.3 is 0 Å². The highest BCUT2D eigenvalue weighted by atomic mass is 16.2. The molecule has 1 aliphatic carbocycles. The minimum atomic E-state index is 0.0472. The number of rotatable bonds is 6. The Hall–Kier alpha value is -1.39. The summed E-state index contributed by atoms with van der Waals surface area (Å²) in [6.45, 7) is 2.01. The van der Waals surface area contributed by atoms with Crippen LogP contribution in [0.3, 0.4) is 0 Å². The van der Waals surface area contributed by atoms with Crippen LogP contribution in [-0.4, -0.2) is 30.9 Å². The van der Waals surface area contributed by atoms with Crippen LogP contribution < -0.4 is 11.1 Å². The molecule has 0 unspecified atom stereocenters. The normalized spacial score (nSPS) is 15.8. The molecule has 0 aliphatic heterocycles. The number of anilines is 1. The molecule has 0 saturated heterocycles. The molecule has 1 amide bonds. The van der Waals surface area contributed by atoms with Gasteiger partial charge in [0.05, 0.1) is 6.54 Å². The Morgan fingerprint density at radius 1 is 1.30 bits per heavy atom. The number of hydrogen-bond acceptors (Lipinski definition) is 3. The molecule has 0 spiro atoms. The van der Waals surface area contributed by atoms with Gasteiger partial charge in [-0.3, -0.25) is 9.69 Å². The standard InChI is InChI=1S/C16H25N3O/c1-19(11-14-4-2-3-5-14)12-16(20)18-15-8-6-13(10-17)7-9-15/h6-9,14H,2-5,10-12,17H2,1H3,(H,18,20). The maximum absolute atomic E-state index is 12.0. The number of carbonyl (C=O) groups is 1. The Morgan fingerprint density at radius 3 is 2.55 bits per heavy atom. The molecule has 4 heteroatoms. The minimum absolute atomic E-state index is 0.0472. The Labute approximate surface area is 121 Å². The highest BCUT2D eigenvalue weighted by molar-refractivity contribution is 5.92. The lowest BCUT2D eigenvalue weighted by atomic mass is 10.1. The number of hydrogen-bond donors (Lipinski definition) is 2. The van der Waals surface area contributed by atoms with Crippen LogP contribution in [0.5, 0.6) is 0 Å². The predicted octanol–water partition coefficient (Wildman–Crippen LogP) is 2.21. The molecule has 3 N–H and O–H groups in total. The summed E-state index contributed by atoms with van der Waals surface area (Å²) >= 11 is 0. The van der Waals surface area contributed by atoms with Gasteiger partial charge in [0.25, 0.3) is 0 Å². The number of amides is 1. The van der Waals surface area contributed by atoms with Gasteiger partial charge in [0, 0.05) is 18.8 Å². The topological polar surface area (TPSA) is 58.4 Å². The maximum Gasteiger partial charge on any atom is 0.238 e. The summed E-state index contributed by atoms with van der Waals surface area (Å²) in [5, 5.41) is 2.93. The lowest BCUT2D eigenvalue weighted by Gasteiger charge is -2.20. The first kappa shape index (κ1) is 15.0. The van der Waals surface area contributed by atoms with Crippen LogP contribution in [0.15, 0.2) is 24.3 Å². The first-order valence-corrected chi connectivity index (χ1v) is 7.45. The Kier molecular flexibility index (Phi) is 5.56. The molecule has 0 atom stereocenters. The van der Waals surface area contributed by atoms with Crippen LogP contribution in [0.1, 0.15) is 31.2 Å². The smallest absolute Gasteiger partial charge is 0.238 e. The number of likely N-dealkylation sites (N-methyl/N-ethyl adjacent to an activating group) is 1. The van der Waals surface area contributed by atoms with Crippen LogP contribution in [0.2, 0.25) is 0 Å². The van der Waals surface area contributed by atoms with Crippen molar-refractivity contribution in [2.45, 2.75) is 32.2 Å². The fraction of sp³-hybridized carbons (Fsp3) is 0.562. The second-order valence-corrected chi connectivity index (χ2v) is 5.80. The molecule has 0 bridgehead atoms. The fourth-order valence-corrected chi connectivity index (χ4v) is 2.87. The van der Waals surface area contributed by atoms with Crippen molar-refractivity contribution in [2.24, 2.45) is 11.7 Å². The monoisotopic (exact) mass is 275 g/mol. The first-order chi connectivity index (χ1) is 9.67. The highest BCUT2D eigenvalue weighted by Crippen LogP contribution is 2.25. The fourth-order valence-electron chi connectivity index (χ4n) is 2.87. The molecule has 1 fully saturated rings. The van der Waals surface area contributed by atoms with Crippen LogP contribution >= 0.6 is 0 Å². The van der Waals surface area contributed by atoms with Crippen LogP contribution in [0, 0.1) is 5.92 Å². The zero-order chi connectivity index (χ0) is 14.4. The SMILES string of the molecule is CN(CC(=O)Nc1ccc(CN)cc1)CC1CCCC1. The van der Waals surface area contributed by atoms with Crippen LogP contribution in [0.4, 0.5) is 5.69 Å². The summed E-state index contributed by atoms with van der Waals surface area (Å²) in [5.74, 6) is 0.822. The molecule has 1 aromatic carbocycles. The molecule has 1 aliphatic rings. The molecule has 2 rings (SSSR count). The van der Waals surface area contributed by atoms with E-state index < -0.39 is 0 Å². The summed E-state index contributed by atoms with van der Waals surface area (Å²) in [5.41, 5.74) is 7.46. The molecule has 4 nitrogen and oxygen atoms in total. The van der Waals surface area contributed by atoms with E-state index in [2.05, 4.69) is 10.2 Å². The van der Waals surface area contributed by atoms with Gasteiger partial charge in [-0.05, 0) is 43.5 Å². The Bertz CT molecular complexity index is 424. The van der Waals surface area contributed by atoms with Gasteiger partial charge in [-0.25, -0.2) is 0 Å².